The number of aryl methyl sites for hydroxylation is 1. The summed E-state index contributed by atoms with van der Waals surface area (Å²) in [5.41, 5.74) is 3.30. The van der Waals surface area contributed by atoms with Gasteiger partial charge in [0.2, 0.25) is 5.89 Å². The van der Waals surface area contributed by atoms with Crippen molar-refractivity contribution in [2.75, 3.05) is 13.7 Å². The van der Waals surface area contributed by atoms with Gasteiger partial charge in [0.1, 0.15) is 5.75 Å². The third-order valence-electron chi connectivity index (χ3n) is 3.98. The summed E-state index contributed by atoms with van der Waals surface area (Å²) in [4.78, 5) is 12.2. The highest BCUT2D eigenvalue weighted by atomic mass is 16.5. The van der Waals surface area contributed by atoms with Crippen LogP contribution in [0.4, 0.5) is 0 Å². The smallest absolute Gasteiger partial charge is 0.308 e. The molecule has 0 saturated heterocycles. The highest BCUT2D eigenvalue weighted by Gasteiger charge is 2.15. The van der Waals surface area contributed by atoms with Crippen LogP contribution in [0.1, 0.15) is 33.3 Å². The maximum atomic E-state index is 12.2. The van der Waals surface area contributed by atoms with Crippen LogP contribution in [0.3, 0.4) is 0 Å². The fourth-order valence-electron chi connectivity index (χ4n) is 2.69. The molecule has 0 saturated carbocycles. The van der Waals surface area contributed by atoms with Gasteiger partial charge < -0.3 is 14.5 Å². The predicted octanol–water partition coefficient (Wildman–Crippen LogP) is 2.95. The van der Waals surface area contributed by atoms with Crippen molar-refractivity contribution in [2.24, 2.45) is 0 Å². The van der Waals surface area contributed by atoms with Gasteiger partial charge in [0, 0.05) is 12.1 Å². The monoisotopic (exact) mass is 351 g/mol. The van der Waals surface area contributed by atoms with E-state index in [-0.39, 0.29) is 11.8 Å². The van der Waals surface area contributed by atoms with Crippen LogP contribution < -0.4 is 10.1 Å². The molecule has 3 aromatic rings. The number of benzene rings is 2. The van der Waals surface area contributed by atoms with Gasteiger partial charge >= 0.3 is 11.8 Å². The number of nitrogens with one attached hydrogen (secondary N) is 1. The fourth-order valence-corrected chi connectivity index (χ4v) is 2.69. The van der Waals surface area contributed by atoms with E-state index in [1.165, 1.54) is 11.1 Å². The van der Waals surface area contributed by atoms with Crippen molar-refractivity contribution in [1.82, 2.24) is 15.5 Å². The van der Waals surface area contributed by atoms with Crippen LogP contribution >= 0.6 is 0 Å². The zero-order chi connectivity index (χ0) is 18.4. The van der Waals surface area contributed by atoms with E-state index in [0.717, 1.165) is 17.7 Å². The summed E-state index contributed by atoms with van der Waals surface area (Å²) in [7, 11) is 1.61. The third-order valence-corrected chi connectivity index (χ3v) is 3.98. The van der Waals surface area contributed by atoms with Gasteiger partial charge in [-0.15, -0.1) is 10.2 Å². The van der Waals surface area contributed by atoms with Crippen molar-refractivity contribution in [2.45, 2.75) is 19.8 Å². The molecule has 0 radical (unpaired) electrons. The number of methoxy groups -OCH3 is 1. The van der Waals surface area contributed by atoms with Crippen molar-refractivity contribution >= 4 is 5.91 Å². The molecule has 2 aromatic carbocycles. The van der Waals surface area contributed by atoms with Crippen LogP contribution in [-0.2, 0) is 12.8 Å². The number of para-hydroxylation sites is 1. The largest absolute Gasteiger partial charge is 0.496 e. The highest BCUT2D eigenvalue weighted by molar-refractivity contribution is 5.89. The topological polar surface area (TPSA) is 77.2 Å². The van der Waals surface area contributed by atoms with E-state index in [2.05, 4.69) is 21.6 Å². The molecule has 1 heterocycles. The Balaban J connectivity index is 1.56. The van der Waals surface area contributed by atoms with Crippen LogP contribution in [0.15, 0.2) is 52.9 Å². The van der Waals surface area contributed by atoms with E-state index in [1.54, 1.807) is 7.11 Å². The average molecular weight is 351 g/mol. The molecule has 0 bridgehead atoms. The number of carbonyl (C=O) groups excluding carboxylic acids is 1. The molecule has 6 heteroatoms. The van der Waals surface area contributed by atoms with E-state index < -0.39 is 0 Å². The van der Waals surface area contributed by atoms with Gasteiger partial charge in [0.05, 0.1) is 13.5 Å². The highest BCUT2D eigenvalue weighted by Crippen LogP contribution is 2.20. The molecule has 3 rings (SSSR count). The minimum Gasteiger partial charge on any atom is -0.496 e. The molecule has 0 fully saturated rings. The Labute approximate surface area is 152 Å². The summed E-state index contributed by atoms with van der Waals surface area (Å²) in [5.74, 6) is 0.726. The lowest BCUT2D eigenvalue weighted by molar-refractivity contribution is 0.0918. The maximum Gasteiger partial charge on any atom is 0.308 e. The molecule has 0 aliphatic heterocycles. The van der Waals surface area contributed by atoms with E-state index >= 15 is 0 Å². The van der Waals surface area contributed by atoms with Gasteiger partial charge in [0.25, 0.3) is 0 Å². The Morgan fingerprint density at radius 1 is 1.15 bits per heavy atom. The molecule has 134 valence electrons. The summed E-state index contributed by atoms with van der Waals surface area (Å²) in [6, 6.07) is 15.8. The average Bonchev–Trinajstić information content (AvgIpc) is 3.11. The molecule has 0 aliphatic rings. The number of hydrogen-bond donors (Lipinski definition) is 1. The fraction of sp³-hybridized carbons (Fsp3) is 0.250. The quantitative estimate of drug-likeness (QED) is 0.708. The lowest BCUT2D eigenvalue weighted by Crippen LogP contribution is -2.26. The first-order valence-electron chi connectivity index (χ1n) is 8.43. The normalized spacial score (nSPS) is 10.5. The van der Waals surface area contributed by atoms with Gasteiger partial charge in [-0.2, -0.15) is 0 Å². The molecule has 0 unspecified atom stereocenters. The third kappa shape index (κ3) is 4.47. The molecule has 0 atom stereocenters. The molecule has 26 heavy (non-hydrogen) atoms. The number of amides is 1. The number of ether oxygens (including phenoxy) is 1. The van der Waals surface area contributed by atoms with Gasteiger partial charge in [0.15, 0.2) is 0 Å². The number of rotatable bonds is 7. The second-order valence-electron chi connectivity index (χ2n) is 5.98. The summed E-state index contributed by atoms with van der Waals surface area (Å²) < 4.78 is 10.8. The lowest BCUT2D eigenvalue weighted by atomic mass is 10.1. The predicted molar refractivity (Wildman–Crippen MR) is 97.3 cm³/mol. The standard InChI is InChI=1S/C20H21N3O3/c1-14-6-5-7-15(12-14)10-11-21-19(24)20-23-22-18(26-20)13-16-8-3-4-9-17(16)25-2/h3-9,12H,10-11,13H2,1-2H3,(H,21,24). The summed E-state index contributed by atoms with van der Waals surface area (Å²) in [6.45, 7) is 2.55. The maximum absolute atomic E-state index is 12.2. The number of aromatic nitrogens is 2. The first kappa shape index (κ1) is 17.7. The Kier molecular flexibility index (Phi) is 5.63. The Bertz CT molecular complexity index is 889. The number of hydrogen-bond acceptors (Lipinski definition) is 5. The Morgan fingerprint density at radius 3 is 2.81 bits per heavy atom. The van der Waals surface area contributed by atoms with E-state index in [9.17, 15) is 4.79 Å². The molecule has 0 aliphatic carbocycles. The van der Waals surface area contributed by atoms with Gasteiger partial charge in [-0.3, -0.25) is 4.79 Å². The van der Waals surface area contributed by atoms with Gasteiger partial charge in [-0.25, -0.2) is 0 Å². The zero-order valence-electron chi connectivity index (χ0n) is 14.9. The molecule has 0 spiro atoms. The minimum atomic E-state index is -0.364. The van der Waals surface area contributed by atoms with E-state index in [0.29, 0.717) is 18.9 Å². The van der Waals surface area contributed by atoms with E-state index in [4.69, 9.17) is 9.15 Å². The number of nitrogens with zero attached hydrogens (tertiary/aromatic N) is 2. The SMILES string of the molecule is COc1ccccc1Cc1nnc(C(=O)NCCc2cccc(C)c2)o1. The van der Waals surface area contributed by atoms with Crippen molar-refractivity contribution in [1.29, 1.82) is 0 Å². The first-order chi connectivity index (χ1) is 12.7. The van der Waals surface area contributed by atoms with Gasteiger partial charge in [-0.05, 0) is 25.0 Å². The molecular formula is C20H21N3O3. The second kappa shape index (κ2) is 8.29. The van der Waals surface area contributed by atoms with Crippen LogP contribution in [0.5, 0.6) is 5.75 Å². The van der Waals surface area contributed by atoms with Crippen molar-refractivity contribution in [3.05, 3.63) is 77.0 Å². The molecule has 1 aromatic heterocycles. The number of carbonyl (C=O) groups is 1. The molecule has 1 N–H and O–H groups in total. The Morgan fingerprint density at radius 2 is 2.00 bits per heavy atom. The molecule has 1 amide bonds. The first-order valence-corrected chi connectivity index (χ1v) is 8.43. The summed E-state index contributed by atoms with van der Waals surface area (Å²) in [6.07, 6.45) is 1.16. The van der Waals surface area contributed by atoms with Gasteiger partial charge in [-0.1, -0.05) is 48.0 Å². The molecular weight excluding hydrogens is 330 g/mol. The Hall–Kier alpha value is -3.15. The van der Waals surface area contributed by atoms with Crippen molar-refractivity contribution in [3.8, 4) is 5.75 Å². The minimum absolute atomic E-state index is 0.0286. The van der Waals surface area contributed by atoms with E-state index in [1.807, 2.05) is 49.4 Å². The summed E-state index contributed by atoms with van der Waals surface area (Å²) in [5, 5.41) is 10.6. The van der Waals surface area contributed by atoms with Crippen LogP contribution in [-0.4, -0.2) is 29.8 Å². The zero-order valence-corrected chi connectivity index (χ0v) is 14.9. The van der Waals surface area contributed by atoms with Crippen molar-refractivity contribution < 1.29 is 13.9 Å². The van der Waals surface area contributed by atoms with Crippen LogP contribution in [0.2, 0.25) is 0 Å². The summed E-state index contributed by atoms with van der Waals surface area (Å²) >= 11 is 0. The van der Waals surface area contributed by atoms with Crippen molar-refractivity contribution in [3.63, 3.8) is 0 Å². The van der Waals surface area contributed by atoms with Crippen LogP contribution in [0, 0.1) is 6.92 Å². The van der Waals surface area contributed by atoms with Crippen LogP contribution in [0.25, 0.3) is 0 Å². The second-order valence-corrected chi connectivity index (χ2v) is 5.98. The molecule has 6 nitrogen and oxygen atoms in total. The lowest BCUT2D eigenvalue weighted by Gasteiger charge is -2.05.